The van der Waals surface area contributed by atoms with Gasteiger partial charge in [-0.05, 0) is 19.1 Å². The molecular formula is C15H16ClN3O. The zero-order chi connectivity index (χ0) is 14.7. The molecule has 2 heterocycles. The first-order chi connectivity index (χ1) is 9.58. The summed E-state index contributed by atoms with van der Waals surface area (Å²) < 4.78 is 1.72. The molecule has 0 saturated heterocycles. The first-order valence-electron chi connectivity index (χ1n) is 6.23. The Balaban J connectivity index is 2.52. The molecule has 0 N–H and O–H groups in total. The molecule has 0 aliphatic carbocycles. The van der Waals surface area contributed by atoms with Gasteiger partial charge in [0.25, 0.3) is 5.91 Å². The first-order valence-corrected chi connectivity index (χ1v) is 6.61. The van der Waals surface area contributed by atoms with E-state index in [1.165, 1.54) is 0 Å². The Kier molecular flexibility index (Phi) is 4.25. The molecule has 0 aliphatic heterocycles. The number of amides is 1. The number of aromatic nitrogens is 2. The van der Waals surface area contributed by atoms with Gasteiger partial charge < -0.3 is 4.90 Å². The van der Waals surface area contributed by atoms with E-state index in [1.54, 1.807) is 39.8 Å². The van der Waals surface area contributed by atoms with Crippen molar-refractivity contribution in [1.82, 2.24) is 14.3 Å². The lowest BCUT2D eigenvalue weighted by atomic mass is 10.3. The Labute approximate surface area is 123 Å². The van der Waals surface area contributed by atoms with E-state index in [0.717, 1.165) is 0 Å². The number of fused-ring (bicyclic) bond motifs is 1. The van der Waals surface area contributed by atoms with E-state index in [4.69, 9.17) is 11.6 Å². The molecule has 0 aromatic carbocycles. The van der Waals surface area contributed by atoms with E-state index in [0.29, 0.717) is 35.1 Å². The molecule has 0 radical (unpaired) electrons. The Morgan fingerprint density at radius 2 is 2.05 bits per heavy atom. The average molecular weight is 290 g/mol. The van der Waals surface area contributed by atoms with Crippen LogP contribution in [0.5, 0.6) is 0 Å². The number of imidazole rings is 1. The van der Waals surface area contributed by atoms with E-state index in [1.807, 2.05) is 6.92 Å². The molecule has 1 amide bonds. The summed E-state index contributed by atoms with van der Waals surface area (Å²) >= 11 is 6.00. The van der Waals surface area contributed by atoms with Crippen LogP contribution in [0.25, 0.3) is 5.65 Å². The third kappa shape index (κ3) is 2.60. The van der Waals surface area contributed by atoms with E-state index in [2.05, 4.69) is 18.1 Å². The van der Waals surface area contributed by atoms with Crippen molar-refractivity contribution in [2.24, 2.45) is 0 Å². The van der Waals surface area contributed by atoms with Crippen LogP contribution in [-0.2, 0) is 0 Å². The zero-order valence-electron chi connectivity index (χ0n) is 11.3. The third-order valence-corrected chi connectivity index (χ3v) is 3.17. The van der Waals surface area contributed by atoms with Crippen LogP contribution in [0.1, 0.15) is 16.2 Å². The predicted molar refractivity (Wildman–Crippen MR) is 81.2 cm³/mol. The monoisotopic (exact) mass is 289 g/mol. The summed E-state index contributed by atoms with van der Waals surface area (Å²) in [6, 6.07) is 3.54. The van der Waals surface area contributed by atoms with Crippen LogP contribution in [0.4, 0.5) is 0 Å². The molecule has 5 heteroatoms. The first kappa shape index (κ1) is 14.3. The molecule has 0 spiro atoms. The fourth-order valence-electron chi connectivity index (χ4n) is 2.10. The quantitative estimate of drug-likeness (QED) is 0.793. The van der Waals surface area contributed by atoms with E-state index < -0.39 is 0 Å². The van der Waals surface area contributed by atoms with Gasteiger partial charge in [0.2, 0.25) is 0 Å². The Morgan fingerprint density at radius 1 is 1.40 bits per heavy atom. The third-order valence-electron chi connectivity index (χ3n) is 2.95. The maximum Gasteiger partial charge on any atom is 0.273 e. The molecule has 2 rings (SSSR count). The van der Waals surface area contributed by atoms with Crippen molar-refractivity contribution >= 4 is 23.2 Å². The fourth-order valence-corrected chi connectivity index (χ4v) is 2.26. The van der Waals surface area contributed by atoms with Gasteiger partial charge in [-0.1, -0.05) is 23.8 Å². The largest absolute Gasteiger partial charge is 0.330 e. The molecule has 2 aromatic rings. The SMILES string of the molecule is C=CCN(CC=C)C(=O)c1c(C)nc2ccc(Cl)cn12. The number of hydrogen-bond donors (Lipinski definition) is 0. The summed E-state index contributed by atoms with van der Waals surface area (Å²) in [5.41, 5.74) is 1.90. The summed E-state index contributed by atoms with van der Waals surface area (Å²) in [6.45, 7) is 10.1. The topological polar surface area (TPSA) is 37.6 Å². The van der Waals surface area contributed by atoms with Crippen molar-refractivity contribution in [3.8, 4) is 0 Å². The summed E-state index contributed by atoms with van der Waals surface area (Å²) in [5, 5.41) is 0.558. The van der Waals surface area contributed by atoms with Gasteiger partial charge in [0.1, 0.15) is 11.3 Å². The lowest BCUT2D eigenvalue weighted by molar-refractivity contribution is 0.0783. The number of carbonyl (C=O) groups is 1. The predicted octanol–water partition coefficient (Wildman–Crippen LogP) is 3.11. The van der Waals surface area contributed by atoms with Gasteiger partial charge in [0.05, 0.1) is 10.7 Å². The number of pyridine rings is 1. The highest BCUT2D eigenvalue weighted by Gasteiger charge is 2.21. The van der Waals surface area contributed by atoms with E-state index in [-0.39, 0.29) is 5.91 Å². The lowest BCUT2D eigenvalue weighted by Crippen LogP contribution is -2.32. The maximum atomic E-state index is 12.7. The Hall–Kier alpha value is -2.07. The molecule has 104 valence electrons. The van der Waals surface area contributed by atoms with Crippen LogP contribution in [0.2, 0.25) is 5.02 Å². The van der Waals surface area contributed by atoms with Gasteiger partial charge in [0, 0.05) is 19.3 Å². The van der Waals surface area contributed by atoms with Gasteiger partial charge in [-0.2, -0.15) is 0 Å². The van der Waals surface area contributed by atoms with Crippen molar-refractivity contribution in [1.29, 1.82) is 0 Å². The molecule has 0 saturated carbocycles. The highest BCUT2D eigenvalue weighted by Crippen LogP contribution is 2.18. The number of halogens is 1. The van der Waals surface area contributed by atoms with Gasteiger partial charge >= 0.3 is 0 Å². The molecule has 0 atom stereocenters. The maximum absolute atomic E-state index is 12.7. The summed E-state index contributed by atoms with van der Waals surface area (Å²) in [5.74, 6) is -0.114. The zero-order valence-corrected chi connectivity index (χ0v) is 12.1. The molecular weight excluding hydrogens is 274 g/mol. The molecule has 0 fully saturated rings. The normalized spacial score (nSPS) is 10.5. The smallest absolute Gasteiger partial charge is 0.273 e. The molecule has 0 unspecified atom stereocenters. The van der Waals surface area contributed by atoms with Crippen LogP contribution >= 0.6 is 11.6 Å². The highest BCUT2D eigenvalue weighted by molar-refractivity contribution is 6.30. The minimum Gasteiger partial charge on any atom is -0.330 e. The number of aryl methyl sites for hydroxylation is 1. The molecule has 4 nitrogen and oxygen atoms in total. The average Bonchev–Trinajstić information content (AvgIpc) is 2.73. The van der Waals surface area contributed by atoms with Crippen LogP contribution in [-0.4, -0.2) is 33.3 Å². The van der Waals surface area contributed by atoms with Crippen molar-refractivity contribution in [3.63, 3.8) is 0 Å². The number of rotatable bonds is 5. The Bertz CT molecular complexity index is 665. The van der Waals surface area contributed by atoms with Crippen molar-refractivity contribution < 1.29 is 4.79 Å². The second-order valence-electron chi connectivity index (χ2n) is 4.41. The fraction of sp³-hybridized carbons (Fsp3) is 0.200. The molecule has 20 heavy (non-hydrogen) atoms. The Morgan fingerprint density at radius 3 is 2.65 bits per heavy atom. The lowest BCUT2D eigenvalue weighted by Gasteiger charge is -2.19. The summed E-state index contributed by atoms with van der Waals surface area (Å²) in [4.78, 5) is 18.7. The van der Waals surface area contributed by atoms with Crippen LogP contribution in [0.15, 0.2) is 43.6 Å². The van der Waals surface area contributed by atoms with Crippen molar-refractivity contribution in [2.45, 2.75) is 6.92 Å². The van der Waals surface area contributed by atoms with E-state index in [9.17, 15) is 4.79 Å². The van der Waals surface area contributed by atoms with Crippen LogP contribution < -0.4 is 0 Å². The van der Waals surface area contributed by atoms with Crippen LogP contribution in [0, 0.1) is 6.92 Å². The number of hydrogen-bond acceptors (Lipinski definition) is 2. The van der Waals surface area contributed by atoms with Crippen molar-refractivity contribution in [3.05, 3.63) is 60.0 Å². The summed E-state index contributed by atoms with van der Waals surface area (Å²) in [7, 11) is 0. The minimum atomic E-state index is -0.114. The van der Waals surface area contributed by atoms with Gasteiger partial charge in [-0.3, -0.25) is 9.20 Å². The van der Waals surface area contributed by atoms with E-state index >= 15 is 0 Å². The molecule has 0 aliphatic rings. The number of nitrogens with zero attached hydrogens (tertiary/aromatic N) is 3. The molecule has 2 aromatic heterocycles. The van der Waals surface area contributed by atoms with Gasteiger partial charge in [-0.25, -0.2) is 4.98 Å². The highest BCUT2D eigenvalue weighted by atomic mass is 35.5. The summed E-state index contributed by atoms with van der Waals surface area (Å²) in [6.07, 6.45) is 5.07. The second kappa shape index (κ2) is 5.92. The number of carbonyl (C=O) groups excluding carboxylic acids is 1. The minimum absolute atomic E-state index is 0.114. The standard InChI is InChI=1S/C15H16ClN3O/c1-4-8-18(9-5-2)15(20)14-11(3)17-13-7-6-12(16)10-19(13)14/h4-7,10H,1-2,8-9H2,3H3. The molecule has 0 bridgehead atoms. The van der Waals surface area contributed by atoms with Crippen molar-refractivity contribution in [2.75, 3.05) is 13.1 Å². The van der Waals surface area contributed by atoms with Gasteiger partial charge in [0.15, 0.2) is 0 Å². The van der Waals surface area contributed by atoms with Crippen LogP contribution in [0.3, 0.4) is 0 Å². The second-order valence-corrected chi connectivity index (χ2v) is 4.85. The van der Waals surface area contributed by atoms with Gasteiger partial charge in [-0.15, -0.1) is 13.2 Å².